The van der Waals surface area contributed by atoms with Crippen LogP contribution in [0.3, 0.4) is 0 Å². The summed E-state index contributed by atoms with van der Waals surface area (Å²) in [6.45, 7) is 6.75. The maximum absolute atomic E-state index is 13.4. The Balaban J connectivity index is 5.56. The molecule has 1 amide bonds. The molecule has 0 aromatic carbocycles. The molecule has 9 nitrogen and oxygen atoms in total. The zero-order valence-corrected chi connectivity index (χ0v) is 45.7. The second-order valence-corrected chi connectivity index (χ2v) is 20.5. The fraction of sp³-hybridized carbons (Fsp3) is 0.661. The van der Waals surface area contributed by atoms with Crippen molar-refractivity contribution in [3.8, 4) is 0 Å². The first-order chi connectivity index (χ1) is 33.4. The van der Waals surface area contributed by atoms with Gasteiger partial charge in [0.05, 0.1) is 33.8 Å². The highest BCUT2D eigenvalue weighted by atomic mass is 31.2. The average molecular weight is 982 g/mol. The highest BCUT2D eigenvalue weighted by Crippen LogP contribution is 2.43. The Morgan fingerprint density at radius 3 is 1.39 bits per heavy atom. The third kappa shape index (κ3) is 49.4. The molecule has 0 aliphatic carbocycles. The van der Waals surface area contributed by atoms with Crippen molar-refractivity contribution in [2.24, 2.45) is 0 Å². The maximum atomic E-state index is 13.4. The fourth-order valence-electron chi connectivity index (χ4n) is 7.01. The van der Waals surface area contributed by atoms with E-state index in [1.54, 1.807) is 6.08 Å². The lowest BCUT2D eigenvalue weighted by Gasteiger charge is -2.27. The van der Waals surface area contributed by atoms with Crippen LogP contribution in [0.25, 0.3) is 0 Å². The molecule has 0 bridgehead atoms. The number of carbonyl (C=O) groups is 2. The van der Waals surface area contributed by atoms with E-state index in [9.17, 15) is 19.0 Å². The lowest BCUT2D eigenvalue weighted by molar-refractivity contribution is -0.870. The van der Waals surface area contributed by atoms with Gasteiger partial charge in [-0.3, -0.25) is 18.6 Å². The molecule has 0 rings (SSSR count). The summed E-state index contributed by atoms with van der Waals surface area (Å²) < 4.78 is 30.4. The number of unbranched alkanes of at least 4 members (excludes halogenated alkanes) is 15. The van der Waals surface area contributed by atoms with Gasteiger partial charge in [0.2, 0.25) is 5.91 Å². The Morgan fingerprint density at radius 2 is 0.928 bits per heavy atom. The van der Waals surface area contributed by atoms with Crippen molar-refractivity contribution >= 4 is 19.7 Å². The Kier molecular flexibility index (Phi) is 46.0. The van der Waals surface area contributed by atoms with E-state index in [1.165, 1.54) is 83.5 Å². The number of allylic oxidation sites excluding steroid dienone is 17. The van der Waals surface area contributed by atoms with Crippen LogP contribution in [0.5, 0.6) is 0 Å². The third-order valence-corrected chi connectivity index (χ3v) is 12.2. The predicted octanol–water partition coefficient (Wildman–Crippen LogP) is 16.2. The van der Waals surface area contributed by atoms with Crippen LogP contribution in [0.2, 0.25) is 0 Å². The number of nitrogens with zero attached hydrogens (tertiary/aromatic N) is 1. The first-order valence-corrected chi connectivity index (χ1v) is 28.7. The van der Waals surface area contributed by atoms with Crippen LogP contribution in [0.4, 0.5) is 0 Å². The van der Waals surface area contributed by atoms with E-state index in [2.05, 4.69) is 105 Å². The summed E-state index contributed by atoms with van der Waals surface area (Å²) >= 11 is 0. The van der Waals surface area contributed by atoms with Crippen LogP contribution in [-0.4, -0.2) is 74.3 Å². The molecular weight excluding hydrogens is 880 g/mol. The molecule has 10 heteroatoms. The second kappa shape index (κ2) is 48.3. The van der Waals surface area contributed by atoms with Gasteiger partial charge in [-0.1, -0.05) is 208 Å². The number of hydrogen-bond donors (Lipinski definition) is 2. The minimum absolute atomic E-state index is 0.0136. The summed E-state index contributed by atoms with van der Waals surface area (Å²) in [7, 11) is 1.41. The topological polar surface area (TPSA) is 111 Å². The SMILES string of the molecule is CC/C=C\C/C=C\C/C=C\C/C=C\C/C=C\C/C=C\CCC(=O)NC(COP(=O)(O)OCC[N+](C)(C)C)C(/C=C\CCCCCCCCCCC)OC(=O)CC/C=C/C/C=C\CCCCCCCC. The van der Waals surface area contributed by atoms with Crippen molar-refractivity contribution in [3.05, 3.63) is 109 Å². The summed E-state index contributed by atoms with van der Waals surface area (Å²) in [5, 5.41) is 2.97. The minimum atomic E-state index is -4.48. The Bertz CT molecular complexity index is 1550. The van der Waals surface area contributed by atoms with Crippen LogP contribution in [0.1, 0.15) is 201 Å². The van der Waals surface area contributed by atoms with Gasteiger partial charge in [0, 0.05) is 12.8 Å². The smallest absolute Gasteiger partial charge is 0.456 e. The molecule has 0 saturated carbocycles. The number of hydrogen-bond acceptors (Lipinski definition) is 6. The minimum Gasteiger partial charge on any atom is -0.456 e. The number of amides is 1. The standard InChI is InChI=1S/C59H101N2O7P/c1-7-10-13-16-19-22-25-27-28-29-30-31-32-34-36-39-42-45-48-51-58(62)60-56(55-67-69(64,65)66-54-53-61(4,5)6)57(50-47-44-41-38-35-24-21-18-15-12-9-3)68-59(63)52-49-46-43-40-37-33-26-23-20-17-14-11-8-2/h10,13,19,22,27-28,30-31,33-34,36-37,42-43,45-47,50,56-57H,7-9,11-12,14-18,20-21,23-26,29,32,35,38-41,44,48-49,51-55H2,1-6H3,(H-,60,62,64,65)/p+1/b13-10-,22-19-,28-27-,31-30-,36-34-,37-33-,45-42-,46-43+,50-47-. The molecule has 0 aromatic heterocycles. The van der Waals surface area contributed by atoms with Gasteiger partial charge in [-0.05, 0) is 89.5 Å². The molecule has 0 heterocycles. The summed E-state index contributed by atoms with van der Waals surface area (Å²) in [6.07, 6.45) is 65.5. The van der Waals surface area contributed by atoms with Gasteiger partial charge in [-0.25, -0.2) is 4.57 Å². The molecule has 0 fully saturated rings. The molecular formula is C59H102N2O7P+. The van der Waals surface area contributed by atoms with Gasteiger partial charge in [-0.2, -0.15) is 0 Å². The van der Waals surface area contributed by atoms with Crippen LogP contribution in [-0.2, 0) is 27.9 Å². The van der Waals surface area contributed by atoms with E-state index in [0.29, 0.717) is 23.9 Å². The first-order valence-electron chi connectivity index (χ1n) is 27.2. The van der Waals surface area contributed by atoms with Gasteiger partial charge in [0.15, 0.2) is 0 Å². The van der Waals surface area contributed by atoms with Crippen molar-refractivity contribution < 1.29 is 37.3 Å². The number of phosphoric ester groups is 1. The van der Waals surface area contributed by atoms with Gasteiger partial charge >= 0.3 is 13.8 Å². The van der Waals surface area contributed by atoms with E-state index in [4.69, 9.17) is 13.8 Å². The number of rotatable bonds is 47. The van der Waals surface area contributed by atoms with Gasteiger partial charge in [-0.15, -0.1) is 0 Å². The molecule has 2 N–H and O–H groups in total. The zero-order chi connectivity index (χ0) is 50.8. The lowest BCUT2D eigenvalue weighted by atomic mass is 10.1. The van der Waals surface area contributed by atoms with Crippen LogP contribution >= 0.6 is 7.82 Å². The lowest BCUT2D eigenvalue weighted by Crippen LogP contribution is -2.47. The number of carbonyl (C=O) groups excluding carboxylic acids is 2. The number of phosphoric acid groups is 1. The molecule has 0 aromatic rings. The van der Waals surface area contributed by atoms with Gasteiger partial charge < -0.3 is 19.4 Å². The Hall–Kier alpha value is -3.33. The highest BCUT2D eigenvalue weighted by Gasteiger charge is 2.30. The van der Waals surface area contributed by atoms with Crippen molar-refractivity contribution in [2.45, 2.75) is 213 Å². The summed E-state index contributed by atoms with van der Waals surface area (Å²) in [5.41, 5.74) is 0. The molecule has 0 spiro atoms. The van der Waals surface area contributed by atoms with Gasteiger partial charge in [0.1, 0.15) is 19.3 Å². The molecule has 69 heavy (non-hydrogen) atoms. The largest absolute Gasteiger partial charge is 0.472 e. The number of quaternary nitrogens is 1. The highest BCUT2D eigenvalue weighted by molar-refractivity contribution is 7.47. The van der Waals surface area contributed by atoms with E-state index in [-0.39, 0.29) is 32.0 Å². The first kappa shape index (κ1) is 65.7. The number of ether oxygens (including phenoxy) is 1. The average Bonchev–Trinajstić information content (AvgIpc) is 3.31. The quantitative estimate of drug-likeness (QED) is 0.0205. The molecule has 0 radical (unpaired) electrons. The van der Waals surface area contributed by atoms with Crippen LogP contribution in [0.15, 0.2) is 109 Å². The summed E-state index contributed by atoms with van der Waals surface area (Å²) in [5.74, 6) is -0.692. The van der Waals surface area contributed by atoms with E-state index >= 15 is 0 Å². The third-order valence-electron chi connectivity index (χ3n) is 11.2. The summed E-state index contributed by atoms with van der Waals surface area (Å²) in [6, 6.07) is -0.916. The van der Waals surface area contributed by atoms with Crippen LogP contribution < -0.4 is 5.32 Å². The van der Waals surface area contributed by atoms with E-state index in [1.807, 2.05) is 45.4 Å². The molecule has 0 aliphatic heterocycles. The number of esters is 1. The van der Waals surface area contributed by atoms with Crippen molar-refractivity contribution in [3.63, 3.8) is 0 Å². The molecule has 3 atom stereocenters. The normalized spacial score (nSPS) is 14.7. The summed E-state index contributed by atoms with van der Waals surface area (Å²) in [4.78, 5) is 37.4. The van der Waals surface area contributed by atoms with Gasteiger partial charge in [0.25, 0.3) is 0 Å². The van der Waals surface area contributed by atoms with Crippen molar-refractivity contribution in [1.82, 2.24) is 5.32 Å². The molecule has 0 saturated heterocycles. The van der Waals surface area contributed by atoms with Crippen LogP contribution in [0, 0.1) is 0 Å². The fourth-order valence-corrected chi connectivity index (χ4v) is 7.75. The Labute approximate surface area is 423 Å². The monoisotopic (exact) mass is 982 g/mol. The zero-order valence-electron chi connectivity index (χ0n) is 44.8. The van der Waals surface area contributed by atoms with E-state index < -0.39 is 25.9 Å². The maximum Gasteiger partial charge on any atom is 0.472 e. The van der Waals surface area contributed by atoms with Crippen molar-refractivity contribution in [2.75, 3.05) is 40.9 Å². The van der Waals surface area contributed by atoms with E-state index in [0.717, 1.165) is 70.6 Å². The second-order valence-electron chi connectivity index (χ2n) is 19.0. The molecule has 3 unspecified atom stereocenters. The number of likely N-dealkylation sites (N-methyl/N-ethyl adjacent to an activating group) is 1. The van der Waals surface area contributed by atoms with Crippen molar-refractivity contribution in [1.29, 1.82) is 0 Å². The molecule has 0 aliphatic rings. The number of nitrogens with one attached hydrogen (secondary N) is 1. The Morgan fingerprint density at radius 1 is 0.522 bits per heavy atom. The predicted molar refractivity (Wildman–Crippen MR) is 295 cm³/mol. The molecule has 394 valence electrons.